The molecule has 0 bridgehead atoms. The minimum atomic E-state index is 0.126. The highest BCUT2D eigenvalue weighted by atomic mass is 16.5. The molecule has 22 heavy (non-hydrogen) atoms. The van der Waals surface area contributed by atoms with Crippen LogP contribution in [-0.4, -0.2) is 16.1 Å². The van der Waals surface area contributed by atoms with E-state index in [9.17, 15) is 0 Å². The molecule has 0 aliphatic heterocycles. The Morgan fingerprint density at radius 1 is 1.36 bits per heavy atom. The van der Waals surface area contributed by atoms with Crippen molar-refractivity contribution in [3.8, 4) is 17.9 Å². The highest BCUT2D eigenvalue weighted by Crippen LogP contribution is 2.27. The van der Waals surface area contributed by atoms with Gasteiger partial charge in [-0.25, -0.2) is 4.98 Å². The zero-order chi connectivity index (χ0) is 15.4. The molecule has 0 radical (unpaired) electrons. The summed E-state index contributed by atoms with van der Waals surface area (Å²) in [5.41, 5.74) is 1.92. The molecule has 110 valence electrons. The minimum absolute atomic E-state index is 0.126. The van der Waals surface area contributed by atoms with E-state index in [0.29, 0.717) is 12.5 Å². The molecule has 1 aliphatic rings. The topological polar surface area (TPSA) is 85.5 Å². The summed E-state index contributed by atoms with van der Waals surface area (Å²) < 4.78 is 5.98. The summed E-state index contributed by atoms with van der Waals surface area (Å²) in [5.74, 6) is 0.782. The van der Waals surface area contributed by atoms with Crippen molar-refractivity contribution in [2.24, 2.45) is 0 Å². The molecule has 5 heteroatoms. The van der Waals surface area contributed by atoms with Crippen LogP contribution in [0.1, 0.15) is 31.2 Å². The lowest BCUT2D eigenvalue weighted by Crippen LogP contribution is -2.10. The van der Waals surface area contributed by atoms with E-state index in [1.54, 1.807) is 12.3 Å². The van der Waals surface area contributed by atoms with E-state index in [-0.39, 0.29) is 5.57 Å². The molecule has 0 aromatic carbocycles. The van der Waals surface area contributed by atoms with Crippen LogP contribution in [0.2, 0.25) is 0 Å². The highest BCUT2D eigenvalue weighted by Gasteiger charge is 2.17. The molecule has 0 spiro atoms. The maximum atomic E-state index is 8.79. The summed E-state index contributed by atoms with van der Waals surface area (Å²) in [5, 5.41) is 18.6. The Hall–Kier alpha value is -2.79. The SMILES string of the molecule is N#CC(C#N)=CCc1c[nH]c2ncc(OC3CCCC3)cc12. The Kier molecular flexibility index (Phi) is 4.07. The zero-order valence-electron chi connectivity index (χ0n) is 12.2. The molecular weight excluding hydrogens is 276 g/mol. The Balaban J connectivity index is 1.84. The lowest BCUT2D eigenvalue weighted by molar-refractivity contribution is 0.209. The maximum Gasteiger partial charge on any atom is 0.138 e. The quantitative estimate of drug-likeness (QED) is 0.875. The van der Waals surface area contributed by atoms with E-state index in [2.05, 4.69) is 9.97 Å². The van der Waals surface area contributed by atoms with Crippen LogP contribution in [-0.2, 0) is 6.42 Å². The second-order valence-electron chi connectivity index (χ2n) is 5.45. The Morgan fingerprint density at radius 2 is 2.14 bits per heavy atom. The average Bonchev–Trinajstić information content (AvgIpc) is 3.18. The van der Waals surface area contributed by atoms with Crippen LogP contribution >= 0.6 is 0 Å². The smallest absolute Gasteiger partial charge is 0.138 e. The first kappa shape index (κ1) is 14.2. The number of aromatic amines is 1. The van der Waals surface area contributed by atoms with E-state index in [0.717, 1.165) is 35.2 Å². The number of nitrogens with one attached hydrogen (secondary N) is 1. The third-order valence-corrected chi connectivity index (χ3v) is 3.96. The van der Waals surface area contributed by atoms with Gasteiger partial charge in [-0.2, -0.15) is 10.5 Å². The number of hydrogen-bond donors (Lipinski definition) is 1. The molecule has 0 amide bonds. The number of H-pyrrole nitrogens is 1. The van der Waals surface area contributed by atoms with Gasteiger partial charge in [0.1, 0.15) is 29.1 Å². The fourth-order valence-electron chi connectivity index (χ4n) is 2.80. The number of aromatic nitrogens is 2. The second-order valence-corrected chi connectivity index (χ2v) is 5.45. The van der Waals surface area contributed by atoms with E-state index < -0.39 is 0 Å². The van der Waals surface area contributed by atoms with Gasteiger partial charge in [0.15, 0.2) is 0 Å². The van der Waals surface area contributed by atoms with Crippen LogP contribution in [0.15, 0.2) is 30.1 Å². The summed E-state index contributed by atoms with van der Waals surface area (Å²) in [4.78, 5) is 7.49. The maximum absolute atomic E-state index is 8.79. The number of allylic oxidation sites excluding steroid dienone is 2. The standard InChI is InChI=1S/C17H16N4O/c18-8-12(9-19)5-6-13-10-20-17-16(13)7-15(11-21-17)22-14-3-1-2-4-14/h5,7,10-11,14H,1-4,6H2,(H,20,21). The number of rotatable bonds is 4. The molecule has 2 aromatic rings. The molecule has 3 rings (SSSR count). The normalized spacial score (nSPS) is 14.5. The van der Waals surface area contributed by atoms with Crippen molar-refractivity contribution in [1.29, 1.82) is 10.5 Å². The molecule has 1 N–H and O–H groups in total. The predicted molar refractivity (Wildman–Crippen MR) is 82.0 cm³/mol. The third-order valence-electron chi connectivity index (χ3n) is 3.96. The van der Waals surface area contributed by atoms with Gasteiger partial charge in [-0.15, -0.1) is 0 Å². The Labute approximate surface area is 128 Å². The number of hydrogen-bond acceptors (Lipinski definition) is 4. The minimum Gasteiger partial charge on any atom is -0.489 e. The second kappa shape index (κ2) is 6.32. The number of nitriles is 2. The zero-order valence-corrected chi connectivity index (χ0v) is 12.2. The number of ether oxygens (including phenoxy) is 1. The molecule has 1 saturated carbocycles. The molecule has 5 nitrogen and oxygen atoms in total. The summed E-state index contributed by atoms with van der Waals surface area (Å²) in [7, 11) is 0. The van der Waals surface area contributed by atoms with E-state index in [1.807, 2.05) is 24.4 Å². The van der Waals surface area contributed by atoms with Crippen LogP contribution < -0.4 is 4.74 Å². The monoisotopic (exact) mass is 292 g/mol. The number of nitrogens with zero attached hydrogens (tertiary/aromatic N) is 3. The van der Waals surface area contributed by atoms with Crippen LogP contribution in [0.4, 0.5) is 0 Å². The van der Waals surface area contributed by atoms with Crippen molar-refractivity contribution in [2.75, 3.05) is 0 Å². The van der Waals surface area contributed by atoms with Gasteiger partial charge in [-0.05, 0) is 43.7 Å². The Morgan fingerprint density at radius 3 is 2.86 bits per heavy atom. The highest BCUT2D eigenvalue weighted by molar-refractivity contribution is 5.81. The van der Waals surface area contributed by atoms with Gasteiger partial charge in [-0.3, -0.25) is 0 Å². The molecular formula is C17H16N4O. The van der Waals surface area contributed by atoms with Crippen LogP contribution in [0.5, 0.6) is 5.75 Å². The van der Waals surface area contributed by atoms with Crippen molar-refractivity contribution in [1.82, 2.24) is 9.97 Å². The first-order chi connectivity index (χ1) is 10.8. The van der Waals surface area contributed by atoms with E-state index in [4.69, 9.17) is 15.3 Å². The van der Waals surface area contributed by atoms with Crippen LogP contribution in [0.25, 0.3) is 11.0 Å². The van der Waals surface area contributed by atoms with Gasteiger partial charge in [0.2, 0.25) is 0 Å². The largest absolute Gasteiger partial charge is 0.489 e. The number of pyridine rings is 1. The van der Waals surface area contributed by atoms with Crippen molar-refractivity contribution < 1.29 is 4.74 Å². The van der Waals surface area contributed by atoms with Gasteiger partial charge >= 0.3 is 0 Å². The van der Waals surface area contributed by atoms with Crippen molar-refractivity contribution in [3.63, 3.8) is 0 Å². The molecule has 1 fully saturated rings. The molecule has 0 atom stereocenters. The first-order valence-corrected chi connectivity index (χ1v) is 7.43. The molecule has 2 heterocycles. The fraction of sp³-hybridized carbons (Fsp3) is 0.353. The predicted octanol–water partition coefficient (Wildman–Crippen LogP) is 3.40. The molecule has 1 aliphatic carbocycles. The molecule has 2 aromatic heterocycles. The van der Waals surface area contributed by atoms with Gasteiger partial charge in [0.05, 0.1) is 12.3 Å². The summed E-state index contributed by atoms with van der Waals surface area (Å²) >= 11 is 0. The summed E-state index contributed by atoms with van der Waals surface area (Å²) in [6.45, 7) is 0. The average molecular weight is 292 g/mol. The fourth-order valence-corrected chi connectivity index (χ4v) is 2.80. The van der Waals surface area contributed by atoms with Crippen molar-refractivity contribution in [3.05, 3.63) is 35.7 Å². The van der Waals surface area contributed by atoms with Gasteiger partial charge in [0.25, 0.3) is 0 Å². The summed E-state index contributed by atoms with van der Waals surface area (Å²) in [6.07, 6.45) is 10.7. The number of fused-ring (bicyclic) bond motifs is 1. The van der Waals surface area contributed by atoms with E-state index >= 15 is 0 Å². The molecule has 0 unspecified atom stereocenters. The Bertz CT molecular complexity index is 769. The van der Waals surface area contributed by atoms with E-state index in [1.165, 1.54) is 12.8 Å². The van der Waals surface area contributed by atoms with Gasteiger partial charge in [-0.1, -0.05) is 6.08 Å². The summed E-state index contributed by atoms with van der Waals surface area (Å²) in [6, 6.07) is 5.73. The van der Waals surface area contributed by atoms with Crippen molar-refractivity contribution in [2.45, 2.75) is 38.2 Å². The third kappa shape index (κ3) is 2.94. The lowest BCUT2D eigenvalue weighted by Gasteiger charge is -2.12. The van der Waals surface area contributed by atoms with Gasteiger partial charge < -0.3 is 9.72 Å². The lowest BCUT2D eigenvalue weighted by atomic mass is 10.1. The first-order valence-electron chi connectivity index (χ1n) is 7.43. The van der Waals surface area contributed by atoms with Crippen molar-refractivity contribution >= 4 is 11.0 Å². The van der Waals surface area contributed by atoms with Gasteiger partial charge in [0, 0.05) is 11.6 Å². The molecule has 0 saturated heterocycles. The van der Waals surface area contributed by atoms with Crippen LogP contribution in [0.3, 0.4) is 0 Å². The van der Waals surface area contributed by atoms with Crippen LogP contribution in [0, 0.1) is 22.7 Å².